The first kappa shape index (κ1) is 22.4. The van der Waals surface area contributed by atoms with Crippen LogP contribution < -0.4 is 5.32 Å². The van der Waals surface area contributed by atoms with Gasteiger partial charge in [0, 0.05) is 41.0 Å². The number of hydrogen-bond donors (Lipinski definition) is 1. The molecule has 0 atom stereocenters. The Morgan fingerprint density at radius 3 is 2.29 bits per heavy atom. The number of anilines is 1. The third kappa shape index (κ3) is 5.92. The van der Waals surface area contributed by atoms with Crippen LogP contribution in [0.2, 0.25) is 0 Å². The molecule has 7 nitrogen and oxygen atoms in total. The normalized spacial score (nSPS) is 10.7. The van der Waals surface area contributed by atoms with Crippen molar-refractivity contribution in [2.24, 2.45) is 0 Å². The van der Waals surface area contributed by atoms with Gasteiger partial charge in [-0.2, -0.15) is 0 Å². The molecule has 0 radical (unpaired) electrons. The summed E-state index contributed by atoms with van der Waals surface area (Å²) in [7, 11) is 0. The molecule has 0 aliphatic carbocycles. The van der Waals surface area contributed by atoms with Crippen LogP contribution in [0.25, 0.3) is 11.8 Å². The zero-order chi connectivity index (χ0) is 23.8. The molecule has 4 rings (SSSR count). The number of nitrogens with zero attached hydrogens (tertiary/aromatic N) is 2. The molecule has 0 aliphatic rings. The topological polar surface area (TPSA) is 90.3 Å². The number of rotatable bonds is 8. The standard InChI is InChI=1S/C27H21N3O4/c31-25(21-9-11-23(12-10-21)29-27(33)22-4-2-1-3-5-22)18-34-26(32)15-8-20-6-13-24(14-7-20)30-17-16-28-19-30/h1-17,19H,18H2,(H,29,33)/b15-8+. The third-order valence-corrected chi connectivity index (χ3v) is 4.95. The van der Waals surface area contributed by atoms with Gasteiger partial charge < -0.3 is 14.6 Å². The minimum Gasteiger partial charge on any atom is -0.454 e. The third-order valence-electron chi connectivity index (χ3n) is 4.95. The van der Waals surface area contributed by atoms with Crippen molar-refractivity contribution in [1.82, 2.24) is 9.55 Å². The van der Waals surface area contributed by atoms with E-state index >= 15 is 0 Å². The van der Waals surface area contributed by atoms with E-state index in [-0.39, 0.29) is 18.3 Å². The van der Waals surface area contributed by atoms with Gasteiger partial charge in [0.15, 0.2) is 12.4 Å². The van der Waals surface area contributed by atoms with E-state index in [1.807, 2.05) is 41.1 Å². The quantitative estimate of drug-likeness (QED) is 0.241. The highest BCUT2D eigenvalue weighted by molar-refractivity contribution is 6.04. The Morgan fingerprint density at radius 2 is 1.62 bits per heavy atom. The minimum atomic E-state index is -0.612. The van der Waals surface area contributed by atoms with Crippen molar-refractivity contribution in [3.05, 3.63) is 120 Å². The lowest BCUT2D eigenvalue weighted by Crippen LogP contribution is -2.13. The molecule has 168 valence electrons. The van der Waals surface area contributed by atoms with Gasteiger partial charge in [0.2, 0.25) is 0 Å². The minimum absolute atomic E-state index is 0.239. The molecule has 0 unspecified atom stereocenters. The first-order valence-electron chi connectivity index (χ1n) is 10.5. The number of imidazole rings is 1. The molecule has 0 aliphatic heterocycles. The average Bonchev–Trinajstić information content (AvgIpc) is 3.42. The van der Waals surface area contributed by atoms with Gasteiger partial charge in [0.25, 0.3) is 5.91 Å². The Hall–Kier alpha value is -4.78. The fraction of sp³-hybridized carbons (Fsp3) is 0.0370. The van der Waals surface area contributed by atoms with Crippen molar-refractivity contribution in [3.63, 3.8) is 0 Å². The van der Waals surface area contributed by atoms with E-state index in [4.69, 9.17) is 4.74 Å². The number of carbonyl (C=O) groups excluding carboxylic acids is 3. The molecule has 1 heterocycles. The second kappa shape index (κ2) is 10.7. The molecule has 3 aromatic carbocycles. The summed E-state index contributed by atoms with van der Waals surface area (Å²) in [4.78, 5) is 40.5. The lowest BCUT2D eigenvalue weighted by Gasteiger charge is -2.07. The van der Waals surface area contributed by atoms with Crippen LogP contribution >= 0.6 is 0 Å². The van der Waals surface area contributed by atoms with Crippen LogP contribution in [0, 0.1) is 0 Å². The number of ether oxygens (including phenoxy) is 1. The van der Waals surface area contributed by atoms with Crippen LogP contribution in [-0.4, -0.2) is 33.8 Å². The summed E-state index contributed by atoms with van der Waals surface area (Å²) in [5.41, 5.74) is 3.25. The van der Waals surface area contributed by atoms with Crippen molar-refractivity contribution in [2.75, 3.05) is 11.9 Å². The Bertz CT molecular complexity index is 1290. The second-order valence-corrected chi connectivity index (χ2v) is 7.32. The van der Waals surface area contributed by atoms with E-state index in [1.54, 1.807) is 67.1 Å². The van der Waals surface area contributed by atoms with Gasteiger partial charge in [0.05, 0.1) is 6.33 Å². The van der Waals surface area contributed by atoms with Crippen molar-refractivity contribution < 1.29 is 19.1 Å². The number of benzene rings is 3. The number of carbonyl (C=O) groups is 3. The van der Waals surface area contributed by atoms with E-state index in [9.17, 15) is 14.4 Å². The van der Waals surface area contributed by atoms with Crippen molar-refractivity contribution in [2.45, 2.75) is 0 Å². The summed E-state index contributed by atoms with van der Waals surface area (Å²) in [6.45, 7) is -0.377. The molecule has 34 heavy (non-hydrogen) atoms. The Morgan fingerprint density at radius 1 is 0.882 bits per heavy atom. The van der Waals surface area contributed by atoms with Crippen LogP contribution in [0.1, 0.15) is 26.3 Å². The highest BCUT2D eigenvalue weighted by atomic mass is 16.5. The summed E-state index contributed by atoms with van der Waals surface area (Å²) >= 11 is 0. The number of Topliss-reactive ketones (excluding diaryl/α,β-unsaturated/α-hetero) is 1. The molecule has 4 aromatic rings. The molecular formula is C27H21N3O4. The highest BCUT2D eigenvalue weighted by Crippen LogP contribution is 2.13. The maximum absolute atomic E-state index is 12.3. The van der Waals surface area contributed by atoms with Gasteiger partial charge in [-0.25, -0.2) is 9.78 Å². The van der Waals surface area contributed by atoms with E-state index in [0.29, 0.717) is 16.8 Å². The van der Waals surface area contributed by atoms with Gasteiger partial charge >= 0.3 is 5.97 Å². The Labute approximate surface area is 196 Å². The number of nitrogens with one attached hydrogen (secondary N) is 1. The molecule has 1 N–H and O–H groups in total. The molecule has 0 saturated heterocycles. The summed E-state index contributed by atoms with van der Waals surface area (Å²) < 4.78 is 6.93. The second-order valence-electron chi connectivity index (χ2n) is 7.32. The lowest BCUT2D eigenvalue weighted by atomic mass is 10.1. The first-order valence-corrected chi connectivity index (χ1v) is 10.5. The zero-order valence-electron chi connectivity index (χ0n) is 18.1. The zero-order valence-corrected chi connectivity index (χ0v) is 18.1. The predicted molar refractivity (Wildman–Crippen MR) is 129 cm³/mol. The van der Waals surface area contributed by atoms with Crippen molar-refractivity contribution in [1.29, 1.82) is 0 Å². The molecule has 7 heteroatoms. The van der Waals surface area contributed by atoms with Crippen molar-refractivity contribution >= 4 is 29.4 Å². The van der Waals surface area contributed by atoms with E-state index in [0.717, 1.165) is 11.3 Å². The van der Waals surface area contributed by atoms with Crippen LogP contribution in [-0.2, 0) is 9.53 Å². The van der Waals surface area contributed by atoms with Crippen LogP contribution in [0.5, 0.6) is 0 Å². The number of aromatic nitrogens is 2. The predicted octanol–water partition coefficient (Wildman–Crippen LogP) is 4.56. The fourth-order valence-electron chi connectivity index (χ4n) is 3.13. The van der Waals surface area contributed by atoms with E-state index in [2.05, 4.69) is 10.3 Å². The Kier molecular flexibility index (Phi) is 7.05. The fourth-order valence-corrected chi connectivity index (χ4v) is 3.13. The SMILES string of the molecule is O=C(/C=C/c1ccc(-n2ccnc2)cc1)OCC(=O)c1ccc(NC(=O)c2ccccc2)cc1. The largest absolute Gasteiger partial charge is 0.454 e. The van der Waals surface area contributed by atoms with Crippen LogP contribution in [0.4, 0.5) is 5.69 Å². The monoisotopic (exact) mass is 451 g/mol. The Balaban J connectivity index is 1.26. The molecule has 1 amide bonds. The number of hydrogen-bond acceptors (Lipinski definition) is 5. The van der Waals surface area contributed by atoms with Crippen LogP contribution in [0.3, 0.4) is 0 Å². The lowest BCUT2D eigenvalue weighted by molar-refractivity contribution is -0.136. The maximum Gasteiger partial charge on any atom is 0.331 e. The molecule has 0 bridgehead atoms. The summed E-state index contributed by atoms with van der Waals surface area (Å²) in [6, 6.07) is 22.8. The maximum atomic E-state index is 12.3. The van der Waals surface area contributed by atoms with Gasteiger partial charge in [-0.1, -0.05) is 30.3 Å². The molecule has 1 aromatic heterocycles. The molecule has 0 saturated carbocycles. The van der Waals surface area contributed by atoms with Gasteiger partial charge in [-0.3, -0.25) is 9.59 Å². The summed E-state index contributed by atoms with van der Waals surface area (Å²) in [6.07, 6.45) is 8.14. The first-order chi connectivity index (χ1) is 16.6. The number of amides is 1. The molecular weight excluding hydrogens is 430 g/mol. The smallest absolute Gasteiger partial charge is 0.331 e. The number of ketones is 1. The van der Waals surface area contributed by atoms with Crippen molar-refractivity contribution in [3.8, 4) is 5.69 Å². The summed E-state index contributed by atoms with van der Waals surface area (Å²) in [5, 5.41) is 2.77. The van der Waals surface area contributed by atoms with Gasteiger partial charge in [0.1, 0.15) is 0 Å². The summed E-state index contributed by atoms with van der Waals surface area (Å²) in [5.74, 6) is -1.19. The average molecular weight is 451 g/mol. The number of esters is 1. The highest BCUT2D eigenvalue weighted by Gasteiger charge is 2.10. The molecule has 0 spiro atoms. The van der Waals surface area contributed by atoms with E-state index in [1.165, 1.54) is 6.08 Å². The van der Waals surface area contributed by atoms with Gasteiger partial charge in [-0.05, 0) is 60.2 Å². The van der Waals surface area contributed by atoms with Gasteiger partial charge in [-0.15, -0.1) is 0 Å². The molecule has 0 fully saturated rings. The van der Waals surface area contributed by atoms with E-state index < -0.39 is 5.97 Å². The van der Waals surface area contributed by atoms with Crippen LogP contribution in [0.15, 0.2) is 104 Å².